The van der Waals surface area contributed by atoms with E-state index in [0.717, 1.165) is 4.88 Å². The zero-order valence-corrected chi connectivity index (χ0v) is 10.5. The van der Waals surface area contributed by atoms with Gasteiger partial charge in [-0.15, -0.1) is 11.3 Å². The summed E-state index contributed by atoms with van der Waals surface area (Å²) in [7, 11) is 0. The van der Waals surface area contributed by atoms with Gasteiger partial charge < -0.3 is 10.4 Å². The molecule has 0 aliphatic rings. The SMILES string of the molecule is CC(CO)CNC(=O)C=Cc1ccc(Cl)s1. The second-order valence-electron chi connectivity index (χ2n) is 3.51. The summed E-state index contributed by atoms with van der Waals surface area (Å²) in [4.78, 5) is 12.3. The Hall–Kier alpha value is -0.840. The van der Waals surface area contributed by atoms with Crippen molar-refractivity contribution in [3.8, 4) is 0 Å². The Morgan fingerprint density at radius 3 is 3.00 bits per heavy atom. The van der Waals surface area contributed by atoms with E-state index in [1.807, 2.05) is 13.0 Å². The van der Waals surface area contributed by atoms with Crippen LogP contribution in [-0.2, 0) is 4.79 Å². The fourth-order valence-electron chi connectivity index (χ4n) is 0.974. The molecule has 0 saturated heterocycles. The molecule has 1 aromatic heterocycles. The third-order valence-electron chi connectivity index (χ3n) is 1.93. The number of carbonyl (C=O) groups excluding carboxylic acids is 1. The smallest absolute Gasteiger partial charge is 0.244 e. The van der Waals surface area contributed by atoms with Gasteiger partial charge >= 0.3 is 0 Å². The van der Waals surface area contributed by atoms with Crippen LogP contribution in [0.4, 0.5) is 0 Å². The van der Waals surface area contributed by atoms with E-state index >= 15 is 0 Å². The van der Waals surface area contributed by atoms with E-state index in [9.17, 15) is 4.79 Å². The molecule has 0 aliphatic heterocycles. The van der Waals surface area contributed by atoms with Crippen molar-refractivity contribution < 1.29 is 9.90 Å². The predicted molar refractivity (Wildman–Crippen MR) is 67.6 cm³/mol. The second kappa shape index (κ2) is 6.68. The molecule has 5 heteroatoms. The Kier molecular flexibility index (Phi) is 5.52. The van der Waals surface area contributed by atoms with Crippen molar-refractivity contribution in [1.29, 1.82) is 0 Å². The number of hydrogen-bond acceptors (Lipinski definition) is 3. The van der Waals surface area contributed by atoms with Gasteiger partial charge in [0.05, 0.1) is 4.34 Å². The van der Waals surface area contributed by atoms with Crippen LogP contribution in [0, 0.1) is 5.92 Å². The van der Waals surface area contributed by atoms with E-state index in [4.69, 9.17) is 16.7 Å². The van der Waals surface area contributed by atoms with E-state index in [1.165, 1.54) is 17.4 Å². The summed E-state index contributed by atoms with van der Waals surface area (Å²) in [5.41, 5.74) is 0. The van der Waals surface area contributed by atoms with Gasteiger partial charge in [0.2, 0.25) is 5.91 Å². The van der Waals surface area contributed by atoms with Gasteiger partial charge in [-0.25, -0.2) is 0 Å². The molecule has 0 radical (unpaired) electrons. The van der Waals surface area contributed by atoms with Crippen LogP contribution >= 0.6 is 22.9 Å². The Bertz CT molecular complexity index is 376. The van der Waals surface area contributed by atoms with E-state index in [-0.39, 0.29) is 18.4 Å². The highest BCUT2D eigenvalue weighted by molar-refractivity contribution is 7.17. The maximum absolute atomic E-state index is 11.3. The maximum atomic E-state index is 11.3. The number of halogens is 1. The molecule has 0 aliphatic carbocycles. The summed E-state index contributed by atoms with van der Waals surface area (Å²) in [6, 6.07) is 3.64. The molecular formula is C11H14ClNO2S. The third kappa shape index (κ3) is 4.79. The van der Waals surface area contributed by atoms with Crippen LogP contribution in [0.2, 0.25) is 4.34 Å². The molecule has 0 fully saturated rings. The van der Waals surface area contributed by atoms with Crippen molar-refractivity contribution >= 4 is 34.9 Å². The topological polar surface area (TPSA) is 49.3 Å². The lowest BCUT2D eigenvalue weighted by Crippen LogP contribution is -2.27. The molecule has 1 amide bonds. The zero-order chi connectivity index (χ0) is 12.0. The van der Waals surface area contributed by atoms with Gasteiger partial charge in [0.25, 0.3) is 0 Å². The molecule has 1 unspecified atom stereocenters. The van der Waals surface area contributed by atoms with Gasteiger partial charge in [0, 0.05) is 24.1 Å². The monoisotopic (exact) mass is 259 g/mol. The lowest BCUT2D eigenvalue weighted by molar-refractivity contribution is -0.116. The van der Waals surface area contributed by atoms with Crippen LogP contribution in [0.1, 0.15) is 11.8 Å². The molecular weight excluding hydrogens is 246 g/mol. The van der Waals surface area contributed by atoms with Gasteiger partial charge in [-0.1, -0.05) is 18.5 Å². The normalized spacial score (nSPS) is 12.9. The summed E-state index contributed by atoms with van der Waals surface area (Å²) in [6.07, 6.45) is 3.18. The third-order valence-corrected chi connectivity index (χ3v) is 3.13. The number of rotatable bonds is 5. The van der Waals surface area contributed by atoms with Gasteiger partial charge in [0.1, 0.15) is 0 Å². The van der Waals surface area contributed by atoms with Crippen molar-refractivity contribution in [3.63, 3.8) is 0 Å². The van der Waals surface area contributed by atoms with Crippen LogP contribution in [0.3, 0.4) is 0 Å². The molecule has 2 N–H and O–H groups in total. The lowest BCUT2D eigenvalue weighted by Gasteiger charge is -2.07. The predicted octanol–water partition coefficient (Wildman–Crippen LogP) is 2.16. The standard InChI is InChI=1S/C11H14ClNO2S/c1-8(7-14)6-13-11(15)5-3-9-2-4-10(12)16-9/h2-5,8,14H,6-7H2,1H3,(H,13,15). The summed E-state index contributed by atoms with van der Waals surface area (Å²) in [5, 5.41) is 11.5. The highest BCUT2D eigenvalue weighted by Gasteiger charge is 2.01. The van der Waals surface area contributed by atoms with Gasteiger partial charge in [-0.3, -0.25) is 4.79 Å². The van der Waals surface area contributed by atoms with Crippen LogP contribution in [-0.4, -0.2) is 24.2 Å². The van der Waals surface area contributed by atoms with E-state index in [2.05, 4.69) is 5.32 Å². The van der Waals surface area contributed by atoms with Crippen molar-refractivity contribution in [1.82, 2.24) is 5.32 Å². The lowest BCUT2D eigenvalue weighted by atomic mass is 10.2. The molecule has 1 heterocycles. The molecule has 1 aromatic rings. The molecule has 0 saturated carbocycles. The molecule has 3 nitrogen and oxygen atoms in total. The summed E-state index contributed by atoms with van der Waals surface area (Å²) in [6.45, 7) is 2.42. The first kappa shape index (κ1) is 13.2. The van der Waals surface area contributed by atoms with Crippen LogP contribution in [0.25, 0.3) is 6.08 Å². The van der Waals surface area contributed by atoms with Crippen molar-refractivity contribution in [3.05, 3.63) is 27.4 Å². The summed E-state index contributed by atoms with van der Waals surface area (Å²) >= 11 is 7.17. The molecule has 88 valence electrons. The minimum Gasteiger partial charge on any atom is -0.396 e. The first-order valence-corrected chi connectivity index (χ1v) is 6.13. The fourth-order valence-corrected chi connectivity index (χ4v) is 1.94. The van der Waals surface area contributed by atoms with Crippen molar-refractivity contribution in [2.75, 3.05) is 13.2 Å². The number of hydrogen-bond donors (Lipinski definition) is 2. The van der Waals surface area contributed by atoms with E-state index < -0.39 is 0 Å². The van der Waals surface area contributed by atoms with Crippen LogP contribution < -0.4 is 5.32 Å². The summed E-state index contributed by atoms with van der Waals surface area (Å²) < 4.78 is 0.703. The van der Waals surface area contributed by atoms with Gasteiger partial charge in [-0.05, 0) is 24.1 Å². The minimum atomic E-state index is -0.162. The quantitative estimate of drug-likeness (QED) is 0.796. The largest absolute Gasteiger partial charge is 0.396 e. The minimum absolute atomic E-state index is 0.0739. The van der Waals surface area contributed by atoms with Crippen molar-refractivity contribution in [2.45, 2.75) is 6.92 Å². The second-order valence-corrected chi connectivity index (χ2v) is 5.25. The van der Waals surface area contributed by atoms with Crippen molar-refractivity contribution in [2.24, 2.45) is 5.92 Å². The maximum Gasteiger partial charge on any atom is 0.244 e. The molecule has 0 aromatic carbocycles. The number of aliphatic hydroxyl groups is 1. The van der Waals surface area contributed by atoms with E-state index in [1.54, 1.807) is 12.1 Å². The van der Waals surface area contributed by atoms with Gasteiger partial charge in [-0.2, -0.15) is 0 Å². The highest BCUT2D eigenvalue weighted by atomic mass is 35.5. The molecule has 0 bridgehead atoms. The average molecular weight is 260 g/mol. The Balaban J connectivity index is 2.36. The number of carbonyl (C=O) groups is 1. The molecule has 1 rings (SSSR count). The van der Waals surface area contributed by atoms with Gasteiger partial charge in [0.15, 0.2) is 0 Å². The van der Waals surface area contributed by atoms with Crippen LogP contribution in [0.5, 0.6) is 0 Å². The molecule has 16 heavy (non-hydrogen) atoms. The van der Waals surface area contributed by atoms with Crippen LogP contribution in [0.15, 0.2) is 18.2 Å². The number of amides is 1. The Morgan fingerprint density at radius 1 is 1.69 bits per heavy atom. The molecule has 0 spiro atoms. The first-order chi connectivity index (χ1) is 7.61. The number of nitrogens with one attached hydrogen (secondary N) is 1. The highest BCUT2D eigenvalue weighted by Crippen LogP contribution is 2.22. The average Bonchev–Trinajstić information content (AvgIpc) is 2.69. The zero-order valence-electron chi connectivity index (χ0n) is 8.94. The first-order valence-electron chi connectivity index (χ1n) is 4.94. The summed E-state index contributed by atoms with van der Waals surface area (Å²) in [5.74, 6) is -0.0849. The number of aliphatic hydroxyl groups excluding tert-OH is 1. The van der Waals surface area contributed by atoms with E-state index in [0.29, 0.717) is 10.9 Å². The fraction of sp³-hybridized carbons (Fsp3) is 0.364. The molecule has 1 atom stereocenters. The number of thiophene rings is 1. The Morgan fingerprint density at radius 2 is 2.44 bits per heavy atom. The Labute approximate surface area is 104 Å².